The third kappa shape index (κ3) is 2.44. The summed E-state index contributed by atoms with van der Waals surface area (Å²) in [6.07, 6.45) is 0. The number of carbonyl (C=O) groups excluding carboxylic acids is 2. The van der Waals surface area contributed by atoms with E-state index in [1.54, 1.807) is 20.8 Å². The third-order valence-corrected chi connectivity index (χ3v) is 3.34. The number of nitrogens with two attached hydrogens (primary N) is 1. The molecule has 1 saturated heterocycles. The lowest BCUT2D eigenvalue weighted by atomic mass is 9.75. The molecule has 1 fully saturated rings. The van der Waals surface area contributed by atoms with Crippen molar-refractivity contribution in [1.29, 1.82) is 0 Å². The molecule has 1 aliphatic heterocycles. The second kappa shape index (κ2) is 3.70. The van der Waals surface area contributed by atoms with Crippen molar-refractivity contribution in [3.63, 3.8) is 0 Å². The van der Waals surface area contributed by atoms with Crippen LogP contribution < -0.4 is 11.1 Å². The van der Waals surface area contributed by atoms with E-state index in [1.165, 1.54) is 4.90 Å². The van der Waals surface area contributed by atoms with Crippen molar-refractivity contribution in [1.82, 2.24) is 10.2 Å². The minimum atomic E-state index is -0.866. The van der Waals surface area contributed by atoms with Gasteiger partial charge in [-0.2, -0.15) is 0 Å². The fraction of sp³-hybridized carbons (Fsp3) is 0.833. The van der Waals surface area contributed by atoms with E-state index in [0.29, 0.717) is 0 Å². The molecule has 0 aromatic rings. The van der Waals surface area contributed by atoms with Gasteiger partial charge >= 0.3 is 6.03 Å². The van der Waals surface area contributed by atoms with Gasteiger partial charge in [-0.3, -0.25) is 9.69 Å². The van der Waals surface area contributed by atoms with Crippen LogP contribution in [0, 0.1) is 5.41 Å². The van der Waals surface area contributed by atoms with E-state index >= 15 is 0 Å². The Morgan fingerprint density at radius 3 is 2.00 bits per heavy atom. The highest BCUT2D eigenvalue weighted by Crippen LogP contribution is 2.35. The lowest BCUT2D eigenvalue weighted by Gasteiger charge is -2.36. The first-order chi connectivity index (χ1) is 7.38. The Labute approximate surface area is 103 Å². The van der Waals surface area contributed by atoms with Gasteiger partial charge in [0.25, 0.3) is 5.91 Å². The summed E-state index contributed by atoms with van der Waals surface area (Å²) in [5.74, 6) is -0.200. The molecule has 3 amide bonds. The van der Waals surface area contributed by atoms with Gasteiger partial charge in [-0.25, -0.2) is 4.79 Å². The second-order valence-electron chi connectivity index (χ2n) is 6.69. The van der Waals surface area contributed by atoms with Gasteiger partial charge in [-0.1, -0.05) is 20.8 Å². The van der Waals surface area contributed by atoms with Crippen LogP contribution >= 0.6 is 0 Å². The van der Waals surface area contributed by atoms with Crippen LogP contribution in [-0.2, 0) is 4.79 Å². The highest BCUT2D eigenvalue weighted by Gasteiger charge is 2.54. The first-order valence-electron chi connectivity index (χ1n) is 5.81. The van der Waals surface area contributed by atoms with Crippen LogP contribution in [0.25, 0.3) is 0 Å². The van der Waals surface area contributed by atoms with Crippen LogP contribution in [0.2, 0.25) is 0 Å². The third-order valence-electron chi connectivity index (χ3n) is 3.34. The topological polar surface area (TPSA) is 75.4 Å². The molecule has 3 N–H and O–H groups in total. The van der Waals surface area contributed by atoms with Crippen molar-refractivity contribution in [2.45, 2.75) is 52.6 Å². The average molecular weight is 241 g/mol. The predicted octanol–water partition coefficient (Wildman–Crippen LogP) is 1.08. The molecule has 5 heteroatoms. The van der Waals surface area contributed by atoms with Gasteiger partial charge < -0.3 is 11.1 Å². The van der Waals surface area contributed by atoms with E-state index in [0.717, 1.165) is 0 Å². The number of imide groups is 1. The normalized spacial score (nSPS) is 26.4. The number of rotatable bonds is 2. The van der Waals surface area contributed by atoms with E-state index < -0.39 is 11.1 Å². The van der Waals surface area contributed by atoms with E-state index in [2.05, 4.69) is 5.32 Å². The first kappa shape index (κ1) is 14.0. The maximum absolute atomic E-state index is 12.3. The molecule has 1 heterocycles. The number of urea groups is 1. The fourth-order valence-electron chi connectivity index (χ4n) is 1.76. The maximum atomic E-state index is 12.3. The maximum Gasteiger partial charge on any atom is 0.325 e. The van der Waals surface area contributed by atoms with Crippen LogP contribution in [0.15, 0.2) is 0 Å². The minimum absolute atomic E-state index is 0.200. The standard InChI is InChI=1S/C12H23N3O2/c1-10(2,3)12(6)8(16)15(9(17)14-12)7-11(4,5)13/h7,13H2,1-6H3,(H,14,17). The molecule has 0 saturated carbocycles. The largest absolute Gasteiger partial charge is 0.325 e. The molecule has 1 rings (SSSR count). The van der Waals surface area contributed by atoms with Crippen molar-refractivity contribution in [2.75, 3.05) is 6.54 Å². The lowest BCUT2D eigenvalue weighted by Crippen LogP contribution is -2.55. The van der Waals surface area contributed by atoms with Crippen molar-refractivity contribution < 1.29 is 9.59 Å². The highest BCUT2D eigenvalue weighted by molar-refractivity contribution is 6.07. The van der Waals surface area contributed by atoms with Crippen LogP contribution in [0.5, 0.6) is 0 Å². The molecule has 17 heavy (non-hydrogen) atoms. The molecular weight excluding hydrogens is 218 g/mol. The molecule has 0 bridgehead atoms. The summed E-state index contributed by atoms with van der Waals surface area (Å²) in [7, 11) is 0. The van der Waals surface area contributed by atoms with Gasteiger partial charge in [0.2, 0.25) is 0 Å². The summed E-state index contributed by atoms with van der Waals surface area (Å²) in [6, 6.07) is -0.356. The zero-order valence-electron chi connectivity index (χ0n) is 11.5. The Hall–Kier alpha value is -1.10. The summed E-state index contributed by atoms with van der Waals surface area (Å²) in [6.45, 7) is 11.4. The Kier molecular flexibility index (Phi) is 3.04. The van der Waals surface area contributed by atoms with Gasteiger partial charge in [0.15, 0.2) is 0 Å². The first-order valence-corrected chi connectivity index (χ1v) is 5.81. The number of nitrogens with one attached hydrogen (secondary N) is 1. The van der Waals surface area contributed by atoms with Crippen molar-refractivity contribution >= 4 is 11.9 Å². The van der Waals surface area contributed by atoms with Crippen LogP contribution in [0.4, 0.5) is 4.79 Å². The van der Waals surface area contributed by atoms with Crippen molar-refractivity contribution in [3.05, 3.63) is 0 Å². The number of nitrogens with zero attached hydrogens (tertiary/aromatic N) is 1. The summed E-state index contributed by atoms with van der Waals surface area (Å²) in [5, 5.41) is 2.77. The molecule has 98 valence electrons. The molecule has 5 nitrogen and oxygen atoms in total. The lowest BCUT2D eigenvalue weighted by molar-refractivity contribution is -0.134. The summed E-state index contributed by atoms with van der Waals surface area (Å²) >= 11 is 0. The van der Waals surface area contributed by atoms with Gasteiger partial charge in [0.1, 0.15) is 5.54 Å². The zero-order valence-corrected chi connectivity index (χ0v) is 11.5. The molecule has 1 aliphatic rings. The predicted molar refractivity (Wildman–Crippen MR) is 66.4 cm³/mol. The van der Waals surface area contributed by atoms with Gasteiger partial charge in [0, 0.05) is 12.1 Å². The number of hydrogen-bond donors (Lipinski definition) is 2. The Morgan fingerprint density at radius 2 is 1.71 bits per heavy atom. The minimum Gasteiger partial charge on any atom is -0.324 e. The summed E-state index contributed by atoms with van der Waals surface area (Å²) < 4.78 is 0. The molecule has 0 aromatic carbocycles. The van der Waals surface area contributed by atoms with E-state index in [4.69, 9.17) is 5.73 Å². The van der Waals surface area contributed by atoms with E-state index in [-0.39, 0.29) is 23.9 Å². The average Bonchev–Trinajstić information content (AvgIpc) is 2.27. The van der Waals surface area contributed by atoms with Gasteiger partial charge in [-0.05, 0) is 26.2 Å². The fourth-order valence-corrected chi connectivity index (χ4v) is 1.76. The second-order valence-corrected chi connectivity index (χ2v) is 6.69. The molecular formula is C12H23N3O2. The molecule has 0 spiro atoms. The van der Waals surface area contributed by atoms with Crippen molar-refractivity contribution in [2.24, 2.45) is 11.1 Å². The molecule has 0 aromatic heterocycles. The SMILES string of the molecule is CC(C)(N)CN1C(=O)NC(C)(C(C)(C)C)C1=O. The van der Waals surface area contributed by atoms with Crippen LogP contribution in [-0.4, -0.2) is 34.5 Å². The molecule has 1 atom stereocenters. The number of amides is 3. The molecule has 0 radical (unpaired) electrons. The Morgan fingerprint density at radius 1 is 1.24 bits per heavy atom. The summed E-state index contributed by atoms with van der Waals surface area (Å²) in [5.41, 5.74) is 4.07. The number of hydrogen-bond acceptors (Lipinski definition) is 3. The smallest absolute Gasteiger partial charge is 0.324 e. The molecule has 0 aliphatic carbocycles. The van der Waals surface area contributed by atoms with Crippen LogP contribution in [0.1, 0.15) is 41.5 Å². The zero-order chi connectivity index (χ0) is 13.6. The highest BCUT2D eigenvalue weighted by atomic mass is 16.2. The monoisotopic (exact) mass is 241 g/mol. The Balaban J connectivity index is 3.02. The van der Waals surface area contributed by atoms with Gasteiger partial charge in [0.05, 0.1) is 0 Å². The quantitative estimate of drug-likeness (QED) is 0.710. The van der Waals surface area contributed by atoms with E-state index in [9.17, 15) is 9.59 Å². The summed E-state index contributed by atoms with van der Waals surface area (Å²) in [4.78, 5) is 25.4. The van der Waals surface area contributed by atoms with Crippen molar-refractivity contribution in [3.8, 4) is 0 Å². The van der Waals surface area contributed by atoms with Crippen LogP contribution in [0.3, 0.4) is 0 Å². The molecule has 1 unspecified atom stereocenters. The van der Waals surface area contributed by atoms with E-state index in [1.807, 2.05) is 20.8 Å². The Bertz CT molecular complexity index is 352. The number of carbonyl (C=O) groups is 2. The van der Waals surface area contributed by atoms with Gasteiger partial charge in [-0.15, -0.1) is 0 Å².